The number of ether oxygens (including phenoxy) is 2. The first-order chi connectivity index (χ1) is 14.3. The minimum atomic E-state index is -0.0133. The molecule has 8 nitrogen and oxygen atoms in total. The number of carbonyl (C=O) groups is 1. The quantitative estimate of drug-likeness (QED) is 0.467. The number of methoxy groups -OCH3 is 2. The zero-order valence-electron chi connectivity index (χ0n) is 19.2. The van der Waals surface area contributed by atoms with E-state index in [1.807, 2.05) is 18.2 Å². The average Bonchev–Trinajstić information content (AvgIpc) is 3.15. The van der Waals surface area contributed by atoms with Crippen LogP contribution in [-0.2, 0) is 11.3 Å². The van der Waals surface area contributed by atoms with Crippen LogP contribution in [0.3, 0.4) is 0 Å². The monoisotopic (exact) mass is 419 g/mol. The highest BCUT2D eigenvalue weighted by Crippen LogP contribution is 2.24. The molecule has 0 spiro atoms. The first-order valence-corrected chi connectivity index (χ1v) is 10.5. The fraction of sp³-hybridized carbons (Fsp3) is 0.636. The summed E-state index contributed by atoms with van der Waals surface area (Å²) in [6.45, 7) is 7.97. The summed E-state index contributed by atoms with van der Waals surface area (Å²) in [7, 11) is 6.82. The van der Waals surface area contributed by atoms with Crippen LogP contribution in [0.2, 0.25) is 0 Å². The van der Waals surface area contributed by atoms with E-state index in [-0.39, 0.29) is 18.5 Å². The second-order valence-corrected chi connectivity index (χ2v) is 8.31. The molecule has 168 valence electrons. The maximum atomic E-state index is 11.9. The minimum Gasteiger partial charge on any atom is -0.497 e. The molecule has 30 heavy (non-hydrogen) atoms. The molecule has 0 radical (unpaired) electrons. The van der Waals surface area contributed by atoms with Gasteiger partial charge in [0.1, 0.15) is 18.0 Å². The third-order valence-corrected chi connectivity index (χ3v) is 4.98. The van der Waals surface area contributed by atoms with Gasteiger partial charge in [0, 0.05) is 52.4 Å². The third-order valence-electron chi connectivity index (χ3n) is 4.98. The Balaban J connectivity index is 1.96. The number of nitrogens with zero attached hydrogens (tertiary/aromatic N) is 3. The Morgan fingerprint density at radius 1 is 1.23 bits per heavy atom. The summed E-state index contributed by atoms with van der Waals surface area (Å²) in [4.78, 5) is 20.4. The number of hydrogen-bond acceptors (Lipinski definition) is 5. The van der Waals surface area contributed by atoms with Crippen molar-refractivity contribution >= 4 is 11.9 Å². The molecule has 1 fully saturated rings. The Hall–Kier alpha value is -2.48. The van der Waals surface area contributed by atoms with Gasteiger partial charge in [-0.05, 0) is 30.0 Å². The van der Waals surface area contributed by atoms with E-state index in [0.29, 0.717) is 11.9 Å². The van der Waals surface area contributed by atoms with Gasteiger partial charge in [0.25, 0.3) is 0 Å². The standard InChI is InChI=1S/C22H37N5O3/c1-16(2)12-23-22(24-13-21(28)26(3)4)25-18-7-8-27(15-18)14-17-9-19(29-5)11-20(10-17)30-6/h9-11,16,18H,7-8,12-15H2,1-6H3,(H2,23,24,25). The molecule has 2 rings (SSSR count). The van der Waals surface area contributed by atoms with Gasteiger partial charge in [0.2, 0.25) is 5.91 Å². The van der Waals surface area contributed by atoms with Crippen molar-refractivity contribution in [3.05, 3.63) is 23.8 Å². The molecule has 2 N–H and O–H groups in total. The highest BCUT2D eigenvalue weighted by Gasteiger charge is 2.24. The lowest BCUT2D eigenvalue weighted by Gasteiger charge is -2.20. The summed E-state index contributed by atoms with van der Waals surface area (Å²) < 4.78 is 10.8. The van der Waals surface area contributed by atoms with E-state index in [1.165, 1.54) is 0 Å². The highest BCUT2D eigenvalue weighted by molar-refractivity contribution is 5.85. The zero-order valence-corrected chi connectivity index (χ0v) is 19.2. The lowest BCUT2D eigenvalue weighted by atomic mass is 10.2. The van der Waals surface area contributed by atoms with Crippen molar-refractivity contribution < 1.29 is 14.3 Å². The number of aliphatic imine (C=N–C) groups is 1. The predicted molar refractivity (Wildman–Crippen MR) is 120 cm³/mol. The van der Waals surface area contributed by atoms with Gasteiger partial charge in [0.05, 0.1) is 14.2 Å². The number of guanidine groups is 1. The predicted octanol–water partition coefficient (Wildman–Crippen LogP) is 1.56. The Kier molecular flexibility index (Phi) is 9.23. The van der Waals surface area contributed by atoms with Gasteiger partial charge in [0.15, 0.2) is 5.96 Å². The van der Waals surface area contributed by atoms with Crippen molar-refractivity contribution in [3.8, 4) is 11.5 Å². The number of benzene rings is 1. The van der Waals surface area contributed by atoms with Gasteiger partial charge in [-0.2, -0.15) is 0 Å². The molecular formula is C22H37N5O3. The van der Waals surface area contributed by atoms with Gasteiger partial charge in [-0.15, -0.1) is 0 Å². The SMILES string of the molecule is COc1cc(CN2CCC(NC(=NCC(=O)N(C)C)NCC(C)C)C2)cc(OC)c1. The van der Waals surface area contributed by atoms with Crippen LogP contribution in [0.5, 0.6) is 11.5 Å². The van der Waals surface area contributed by atoms with E-state index in [4.69, 9.17) is 9.47 Å². The summed E-state index contributed by atoms with van der Waals surface area (Å²) in [6.07, 6.45) is 1.02. The topological polar surface area (TPSA) is 78.4 Å². The Labute approximate surface area is 180 Å². The summed E-state index contributed by atoms with van der Waals surface area (Å²) in [5.41, 5.74) is 1.16. The molecule has 0 bridgehead atoms. The smallest absolute Gasteiger partial charge is 0.243 e. The van der Waals surface area contributed by atoms with Crippen LogP contribution in [-0.4, -0.2) is 82.2 Å². The second kappa shape index (κ2) is 11.6. The molecule has 1 aromatic carbocycles. The van der Waals surface area contributed by atoms with Gasteiger partial charge in [-0.1, -0.05) is 13.8 Å². The van der Waals surface area contributed by atoms with Crippen molar-refractivity contribution in [2.24, 2.45) is 10.9 Å². The van der Waals surface area contributed by atoms with E-state index in [1.54, 1.807) is 33.2 Å². The van der Waals surface area contributed by atoms with E-state index >= 15 is 0 Å². The van der Waals surface area contributed by atoms with Crippen LogP contribution in [0.25, 0.3) is 0 Å². The fourth-order valence-corrected chi connectivity index (χ4v) is 3.24. The van der Waals surface area contributed by atoms with Crippen LogP contribution in [0.15, 0.2) is 23.2 Å². The van der Waals surface area contributed by atoms with Gasteiger partial charge >= 0.3 is 0 Å². The lowest BCUT2D eigenvalue weighted by Crippen LogP contribution is -2.46. The zero-order chi connectivity index (χ0) is 22.1. The molecule has 0 aromatic heterocycles. The van der Waals surface area contributed by atoms with Gasteiger partial charge in [-0.3, -0.25) is 9.69 Å². The van der Waals surface area contributed by atoms with E-state index in [9.17, 15) is 4.79 Å². The number of carbonyl (C=O) groups excluding carboxylic acids is 1. The van der Waals surface area contributed by atoms with Crippen LogP contribution in [0.4, 0.5) is 0 Å². The van der Waals surface area contributed by atoms with Crippen LogP contribution >= 0.6 is 0 Å². The number of likely N-dealkylation sites (N-methyl/N-ethyl adjacent to an activating group) is 1. The van der Waals surface area contributed by atoms with E-state index in [0.717, 1.165) is 49.7 Å². The number of amides is 1. The summed E-state index contributed by atoms with van der Waals surface area (Å²) in [5.74, 6) is 2.78. The molecule has 1 aliphatic heterocycles. The molecule has 1 saturated heterocycles. The highest BCUT2D eigenvalue weighted by atomic mass is 16.5. The molecule has 1 aliphatic rings. The van der Waals surface area contributed by atoms with Crippen LogP contribution in [0, 0.1) is 5.92 Å². The molecule has 1 unspecified atom stereocenters. The first kappa shape index (κ1) is 23.8. The van der Waals surface area contributed by atoms with Crippen LogP contribution in [0.1, 0.15) is 25.8 Å². The van der Waals surface area contributed by atoms with Gasteiger partial charge < -0.3 is 25.0 Å². The first-order valence-electron chi connectivity index (χ1n) is 10.5. The molecule has 0 saturated carbocycles. The summed E-state index contributed by atoms with van der Waals surface area (Å²) in [6, 6.07) is 6.27. The normalized spacial score (nSPS) is 17.2. The molecule has 8 heteroatoms. The molecule has 1 atom stereocenters. The lowest BCUT2D eigenvalue weighted by molar-refractivity contribution is -0.127. The van der Waals surface area contributed by atoms with E-state index in [2.05, 4.69) is 34.4 Å². The maximum Gasteiger partial charge on any atom is 0.243 e. The second-order valence-electron chi connectivity index (χ2n) is 8.31. The number of rotatable bonds is 9. The van der Waals surface area contributed by atoms with Crippen molar-refractivity contribution in [1.82, 2.24) is 20.4 Å². The third kappa shape index (κ3) is 7.74. The Morgan fingerprint density at radius 3 is 2.47 bits per heavy atom. The molecule has 1 aromatic rings. The molecule has 1 amide bonds. The van der Waals surface area contributed by atoms with Crippen molar-refractivity contribution in [1.29, 1.82) is 0 Å². The number of likely N-dealkylation sites (tertiary alicyclic amines) is 1. The number of nitrogens with one attached hydrogen (secondary N) is 2. The van der Waals surface area contributed by atoms with Crippen molar-refractivity contribution in [3.63, 3.8) is 0 Å². The summed E-state index contributed by atoms with van der Waals surface area (Å²) >= 11 is 0. The Bertz CT molecular complexity index is 698. The molecular weight excluding hydrogens is 382 g/mol. The molecule has 0 aliphatic carbocycles. The van der Waals surface area contributed by atoms with Gasteiger partial charge in [-0.25, -0.2) is 4.99 Å². The Morgan fingerprint density at radius 2 is 1.90 bits per heavy atom. The minimum absolute atomic E-state index is 0.0133. The average molecular weight is 420 g/mol. The molecule has 1 heterocycles. The van der Waals surface area contributed by atoms with Crippen LogP contribution < -0.4 is 20.1 Å². The largest absolute Gasteiger partial charge is 0.497 e. The van der Waals surface area contributed by atoms with Crippen molar-refractivity contribution in [2.75, 3.05) is 54.5 Å². The maximum absolute atomic E-state index is 11.9. The number of hydrogen-bond donors (Lipinski definition) is 2. The van der Waals surface area contributed by atoms with Crippen molar-refractivity contribution in [2.45, 2.75) is 32.9 Å². The summed E-state index contributed by atoms with van der Waals surface area (Å²) in [5, 5.41) is 6.86. The van der Waals surface area contributed by atoms with E-state index < -0.39 is 0 Å². The fourth-order valence-electron chi connectivity index (χ4n) is 3.24.